The van der Waals surface area contributed by atoms with Gasteiger partial charge in [-0.3, -0.25) is 4.90 Å². The molecule has 1 aromatic carbocycles. The van der Waals surface area contributed by atoms with Gasteiger partial charge in [-0.05, 0) is 55.4 Å². The SMILES string of the molecule is Cc1nccn1[C@H]1C[C@H]2CN(Cc3cccc(O)c3)C[C@H]2C[C@@H]1Oc1ccccn1. The van der Waals surface area contributed by atoms with Crippen molar-refractivity contribution < 1.29 is 9.84 Å². The minimum absolute atomic E-state index is 0.0785. The number of aryl methyl sites for hydroxylation is 1. The first-order valence-electron chi connectivity index (χ1n) is 10.7. The van der Waals surface area contributed by atoms with Crippen molar-refractivity contribution in [3.63, 3.8) is 0 Å². The van der Waals surface area contributed by atoms with E-state index in [0.29, 0.717) is 23.5 Å². The predicted octanol–water partition coefficient (Wildman–Crippen LogP) is 3.82. The first-order valence-corrected chi connectivity index (χ1v) is 10.7. The van der Waals surface area contributed by atoms with Gasteiger partial charge in [-0.15, -0.1) is 0 Å². The molecular weight excluding hydrogens is 376 g/mol. The van der Waals surface area contributed by atoms with E-state index < -0.39 is 0 Å². The highest BCUT2D eigenvalue weighted by molar-refractivity contribution is 5.27. The number of nitrogens with zero attached hydrogens (tertiary/aromatic N) is 4. The lowest BCUT2D eigenvalue weighted by Crippen LogP contribution is -2.40. The third-order valence-electron chi connectivity index (χ3n) is 6.61. The van der Waals surface area contributed by atoms with Crippen LogP contribution in [0.4, 0.5) is 0 Å². The van der Waals surface area contributed by atoms with Gasteiger partial charge in [-0.25, -0.2) is 9.97 Å². The van der Waals surface area contributed by atoms with Gasteiger partial charge in [0, 0.05) is 44.3 Å². The second-order valence-corrected chi connectivity index (χ2v) is 8.63. The van der Waals surface area contributed by atoms with Gasteiger partial charge in [-0.2, -0.15) is 0 Å². The number of hydrogen-bond donors (Lipinski definition) is 1. The number of benzene rings is 1. The van der Waals surface area contributed by atoms with Crippen LogP contribution < -0.4 is 4.74 Å². The number of likely N-dealkylation sites (tertiary alicyclic amines) is 1. The van der Waals surface area contributed by atoms with E-state index in [2.05, 4.69) is 38.6 Å². The highest BCUT2D eigenvalue weighted by Crippen LogP contribution is 2.43. The molecule has 1 N–H and O–H groups in total. The summed E-state index contributed by atoms with van der Waals surface area (Å²) in [6.45, 7) is 5.09. The maximum Gasteiger partial charge on any atom is 0.213 e. The minimum atomic E-state index is 0.0785. The summed E-state index contributed by atoms with van der Waals surface area (Å²) in [5.74, 6) is 3.30. The van der Waals surface area contributed by atoms with Gasteiger partial charge in [-0.1, -0.05) is 18.2 Å². The van der Waals surface area contributed by atoms with Crippen molar-refractivity contribution in [3.8, 4) is 11.6 Å². The number of pyridine rings is 1. The van der Waals surface area contributed by atoms with Gasteiger partial charge >= 0.3 is 0 Å². The van der Waals surface area contributed by atoms with E-state index >= 15 is 0 Å². The number of aromatic nitrogens is 3. The Hall–Kier alpha value is -2.86. The Morgan fingerprint density at radius 1 is 1.03 bits per heavy atom. The second-order valence-electron chi connectivity index (χ2n) is 8.63. The number of fused-ring (bicyclic) bond motifs is 1. The Bertz CT molecular complexity index is 990. The lowest BCUT2D eigenvalue weighted by Gasteiger charge is -2.38. The normalized spacial score (nSPS) is 26.4. The molecule has 0 bridgehead atoms. The molecule has 5 rings (SSSR count). The molecule has 6 nitrogen and oxygen atoms in total. The third kappa shape index (κ3) is 3.92. The van der Waals surface area contributed by atoms with Crippen LogP contribution in [0.3, 0.4) is 0 Å². The van der Waals surface area contributed by atoms with Gasteiger partial charge in [0.05, 0.1) is 6.04 Å². The van der Waals surface area contributed by atoms with Gasteiger partial charge in [0.25, 0.3) is 0 Å². The molecule has 0 radical (unpaired) electrons. The molecule has 3 heterocycles. The number of phenols is 1. The number of phenolic OH excluding ortho intramolecular Hbond substituents is 1. The molecule has 4 atom stereocenters. The van der Waals surface area contributed by atoms with Crippen molar-refractivity contribution in [1.82, 2.24) is 19.4 Å². The minimum Gasteiger partial charge on any atom is -0.508 e. The third-order valence-corrected chi connectivity index (χ3v) is 6.61. The van der Waals surface area contributed by atoms with Crippen LogP contribution in [0.5, 0.6) is 11.6 Å². The molecule has 2 fully saturated rings. The maximum absolute atomic E-state index is 9.78. The van der Waals surface area contributed by atoms with E-state index in [4.69, 9.17) is 4.74 Å². The van der Waals surface area contributed by atoms with Crippen LogP contribution >= 0.6 is 0 Å². The number of rotatable bonds is 5. The van der Waals surface area contributed by atoms with Crippen LogP contribution in [0, 0.1) is 18.8 Å². The summed E-state index contributed by atoms with van der Waals surface area (Å²) in [6, 6.07) is 13.7. The molecule has 0 unspecified atom stereocenters. The molecule has 1 aliphatic heterocycles. The first kappa shape index (κ1) is 19.1. The fourth-order valence-electron chi connectivity index (χ4n) is 5.26. The molecule has 156 valence electrons. The van der Waals surface area contributed by atoms with E-state index in [-0.39, 0.29) is 12.1 Å². The van der Waals surface area contributed by atoms with Gasteiger partial charge in [0.1, 0.15) is 17.7 Å². The number of ether oxygens (including phenoxy) is 1. The topological polar surface area (TPSA) is 63.4 Å². The summed E-state index contributed by atoms with van der Waals surface area (Å²) in [5, 5.41) is 9.78. The molecule has 3 aromatic rings. The molecular formula is C24H28N4O2. The first-order chi connectivity index (χ1) is 14.7. The zero-order chi connectivity index (χ0) is 20.5. The van der Waals surface area contributed by atoms with Crippen LogP contribution in [0.2, 0.25) is 0 Å². The number of imidazole rings is 1. The van der Waals surface area contributed by atoms with Gasteiger partial charge in [0.2, 0.25) is 5.88 Å². The summed E-state index contributed by atoms with van der Waals surface area (Å²) in [5.41, 5.74) is 1.16. The van der Waals surface area contributed by atoms with Crippen molar-refractivity contribution in [2.45, 2.75) is 38.5 Å². The Kier molecular flexibility index (Phi) is 5.17. The van der Waals surface area contributed by atoms with Crippen LogP contribution in [-0.2, 0) is 6.54 Å². The van der Waals surface area contributed by atoms with E-state index in [1.54, 1.807) is 12.3 Å². The maximum atomic E-state index is 9.78. The van der Waals surface area contributed by atoms with Crippen molar-refractivity contribution in [2.75, 3.05) is 13.1 Å². The Balaban J connectivity index is 1.34. The molecule has 2 aromatic heterocycles. The molecule has 30 heavy (non-hydrogen) atoms. The highest BCUT2D eigenvalue weighted by Gasteiger charge is 2.44. The average molecular weight is 405 g/mol. The molecule has 1 aliphatic carbocycles. The molecule has 1 saturated heterocycles. The van der Waals surface area contributed by atoms with Crippen LogP contribution in [0.15, 0.2) is 61.1 Å². The second kappa shape index (κ2) is 8.11. The monoisotopic (exact) mass is 404 g/mol. The summed E-state index contributed by atoms with van der Waals surface area (Å²) >= 11 is 0. The fourth-order valence-corrected chi connectivity index (χ4v) is 5.26. The summed E-state index contributed by atoms with van der Waals surface area (Å²) in [6.07, 6.45) is 7.91. The van der Waals surface area contributed by atoms with E-state index in [0.717, 1.165) is 43.9 Å². The van der Waals surface area contributed by atoms with Gasteiger partial charge < -0.3 is 14.4 Å². The van der Waals surface area contributed by atoms with Crippen molar-refractivity contribution >= 4 is 0 Å². The standard InChI is InChI=1S/C24H28N4O2/c1-17-25-9-10-28(17)22-12-19-15-27(14-18-5-4-6-21(29)11-18)16-20(19)13-23(22)30-24-7-2-3-8-26-24/h2-11,19-20,22-23,29H,12-16H2,1H3/t19-,20+,22-,23-/m0/s1. The molecule has 2 aliphatic rings. The quantitative estimate of drug-likeness (QED) is 0.700. The van der Waals surface area contributed by atoms with Crippen LogP contribution in [0.25, 0.3) is 0 Å². The van der Waals surface area contributed by atoms with Crippen LogP contribution in [-0.4, -0.2) is 43.7 Å². The van der Waals surface area contributed by atoms with Crippen molar-refractivity contribution in [3.05, 3.63) is 72.4 Å². The number of aromatic hydroxyl groups is 1. The van der Waals surface area contributed by atoms with E-state index in [1.807, 2.05) is 36.5 Å². The van der Waals surface area contributed by atoms with E-state index in [9.17, 15) is 5.11 Å². The molecule has 6 heteroatoms. The van der Waals surface area contributed by atoms with Crippen molar-refractivity contribution in [1.29, 1.82) is 0 Å². The summed E-state index contributed by atoms with van der Waals surface area (Å²) in [7, 11) is 0. The zero-order valence-electron chi connectivity index (χ0n) is 17.3. The Morgan fingerprint density at radius 2 is 1.90 bits per heavy atom. The lowest BCUT2D eigenvalue weighted by atomic mass is 9.77. The van der Waals surface area contributed by atoms with Gasteiger partial charge in [0.15, 0.2) is 0 Å². The Labute approximate surface area is 177 Å². The highest BCUT2D eigenvalue weighted by atomic mass is 16.5. The summed E-state index contributed by atoms with van der Waals surface area (Å²) < 4.78 is 8.69. The smallest absolute Gasteiger partial charge is 0.213 e. The van der Waals surface area contributed by atoms with Crippen LogP contribution in [0.1, 0.15) is 30.3 Å². The fraction of sp³-hybridized carbons (Fsp3) is 0.417. The molecule has 0 amide bonds. The lowest BCUT2D eigenvalue weighted by molar-refractivity contribution is 0.0504. The largest absolute Gasteiger partial charge is 0.508 e. The Morgan fingerprint density at radius 3 is 2.63 bits per heavy atom. The predicted molar refractivity (Wildman–Crippen MR) is 114 cm³/mol. The summed E-state index contributed by atoms with van der Waals surface area (Å²) in [4.78, 5) is 11.4. The zero-order valence-corrected chi connectivity index (χ0v) is 17.3. The molecule has 1 saturated carbocycles. The van der Waals surface area contributed by atoms with E-state index in [1.165, 1.54) is 0 Å². The van der Waals surface area contributed by atoms with Crippen molar-refractivity contribution in [2.24, 2.45) is 11.8 Å². The average Bonchev–Trinajstić information content (AvgIpc) is 3.33. The molecule has 0 spiro atoms. The number of hydrogen-bond acceptors (Lipinski definition) is 5.